The first-order chi connectivity index (χ1) is 13.5. The zero-order chi connectivity index (χ0) is 19.7. The summed E-state index contributed by atoms with van der Waals surface area (Å²) in [6.45, 7) is 0.929. The Morgan fingerprint density at radius 1 is 1.11 bits per heavy atom. The average molecular weight is 456 g/mol. The van der Waals surface area contributed by atoms with Crippen LogP contribution in [0.25, 0.3) is 10.6 Å². The quantitative estimate of drug-likeness (QED) is 0.566. The van der Waals surface area contributed by atoms with Crippen molar-refractivity contribution in [2.75, 3.05) is 20.2 Å². The summed E-state index contributed by atoms with van der Waals surface area (Å²) in [6, 6.07) is 10.9. The normalized spacial score (nSPS) is 16.4. The molecule has 0 amide bonds. The SMILES string of the molecule is COc1ccccc1-c1nnc(C2CCN(S(=O)(=O)c3ccc(Cl)s3)CC2)s1. The Morgan fingerprint density at radius 3 is 2.54 bits per heavy atom. The van der Waals surface area contributed by atoms with Gasteiger partial charge >= 0.3 is 0 Å². The van der Waals surface area contributed by atoms with Crippen LogP contribution < -0.4 is 4.74 Å². The minimum absolute atomic E-state index is 0.208. The summed E-state index contributed by atoms with van der Waals surface area (Å²) in [6.07, 6.45) is 1.44. The molecule has 0 spiro atoms. The van der Waals surface area contributed by atoms with Crippen molar-refractivity contribution in [3.8, 4) is 16.3 Å². The summed E-state index contributed by atoms with van der Waals surface area (Å²) in [5, 5.41) is 10.5. The number of aromatic nitrogens is 2. The maximum absolute atomic E-state index is 12.7. The number of rotatable bonds is 5. The van der Waals surface area contributed by atoms with Crippen LogP contribution in [0.4, 0.5) is 0 Å². The predicted octanol–water partition coefficient (Wildman–Crippen LogP) is 4.50. The number of hydrogen-bond donors (Lipinski definition) is 0. The van der Waals surface area contributed by atoms with Crippen molar-refractivity contribution < 1.29 is 13.2 Å². The first-order valence-electron chi connectivity index (χ1n) is 8.71. The summed E-state index contributed by atoms with van der Waals surface area (Å²) < 4.78 is 33.2. The largest absolute Gasteiger partial charge is 0.496 e. The molecule has 6 nitrogen and oxygen atoms in total. The fourth-order valence-electron chi connectivity index (χ4n) is 3.24. The lowest BCUT2D eigenvalue weighted by Gasteiger charge is -2.29. The number of para-hydroxylation sites is 1. The van der Waals surface area contributed by atoms with E-state index >= 15 is 0 Å². The third kappa shape index (κ3) is 3.81. The summed E-state index contributed by atoms with van der Waals surface area (Å²) in [7, 11) is -1.84. The third-order valence-corrected chi connectivity index (χ3v) is 9.44. The molecule has 0 atom stereocenters. The van der Waals surface area contributed by atoms with Gasteiger partial charge in [0, 0.05) is 19.0 Å². The molecule has 3 aromatic rings. The van der Waals surface area contributed by atoms with Crippen molar-refractivity contribution in [3.05, 3.63) is 45.7 Å². The molecule has 0 radical (unpaired) electrons. The van der Waals surface area contributed by atoms with Gasteiger partial charge in [0.15, 0.2) is 5.01 Å². The lowest BCUT2D eigenvalue weighted by atomic mass is 9.99. The van der Waals surface area contributed by atoms with Crippen LogP contribution in [0, 0.1) is 0 Å². The van der Waals surface area contributed by atoms with Gasteiger partial charge in [-0.2, -0.15) is 4.31 Å². The summed E-state index contributed by atoms with van der Waals surface area (Å²) in [5.41, 5.74) is 0.920. The highest BCUT2D eigenvalue weighted by Gasteiger charge is 2.32. The molecule has 0 unspecified atom stereocenters. The van der Waals surface area contributed by atoms with Crippen LogP contribution in [0.2, 0.25) is 4.34 Å². The number of methoxy groups -OCH3 is 1. The average Bonchev–Trinajstić information content (AvgIpc) is 3.38. The second-order valence-electron chi connectivity index (χ2n) is 6.38. The molecule has 1 aliphatic heterocycles. The Balaban J connectivity index is 1.47. The van der Waals surface area contributed by atoms with Crippen molar-refractivity contribution >= 4 is 44.3 Å². The van der Waals surface area contributed by atoms with E-state index in [1.54, 1.807) is 30.6 Å². The summed E-state index contributed by atoms with van der Waals surface area (Å²) in [4.78, 5) is 0. The van der Waals surface area contributed by atoms with Crippen LogP contribution in [0.5, 0.6) is 5.75 Å². The molecule has 1 saturated heterocycles. The van der Waals surface area contributed by atoms with E-state index in [2.05, 4.69) is 10.2 Å². The van der Waals surface area contributed by atoms with E-state index in [9.17, 15) is 8.42 Å². The van der Waals surface area contributed by atoms with E-state index in [1.807, 2.05) is 24.3 Å². The standard InChI is InChI=1S/C18H18ClN3O3S3/c1-25-14-5-3-2-4-13(14)18-21-20-17(27-18)12-8-10-22(11-9-12)28(23,24)16-7-6-15(19)26-16/h2-7,12H,8-11H2,1H3. The number of piperidine rings is 1. The maximum atomic E-state index is 12.7. The van der Waals surface area contributed by atoms with Crippen molar-refractivity contribution in [1.29, 1.82) is 0 Å². The van der Waals surface area contributed by atoms with Gasteiger partial charge in [0.2, 0.25) is 0 Å². The highest BCUT2D eigenvalue weighted by Crippen LogP contribution is 2.38. The van der Waals surface area contributed by atoms with Gasteiger partial charge in [-0.15, -0.1) is 21.5 Å². The Labute approximate surface area is 176 Å². The predicted molar refractivity (Wildman–Crippen MR) is 112 cm³/mol. The molecule has 3 heterocycles. The molecule has 1 aliphatic rings. The number of ether oxygens (including phenoxy) is 1. The van der Waals surface area contributed by atoms with Crippen LogP contribution in [-0.4, -0.2) is 43.1 Å². The van der Waals surface area contributed by atoms with Gasteiger partial charge in [-0.1, -0.05) is 35.1 Å². The van der Waals surface area contributed by atoms with E-state index in [0.717, 1.165) is 45.5 Å². The Hall–Kier alpha value is -1.52. The molecule has 0 saturated carbocycles. The Bertz CT molecular complexity index is 1070. The molecule has 2 aromatic heterocycles. The van der Waals surface area contributed by atoms with Crippen LogP contribution in [0.3, 0.4) is 0 Å². The second-order valence-corrected chi connectivity index (χ2v) is 11.3. The molecule has 28 heavy (non-hydrogen) atoms. The smallest absolute Gasteiger partial charge is 0.252 e. The third-order valence-electron chi connectivity index (χ3n) is 4.72. The van der Waals surface area contributed by atoms with Crippen LogP contribution >= 0.6 is 34.3 Å². The molecular formula is C18H18ClN3O3S3. The molecule has 0 aliphatic carbocycles. The fraction of sp³-hybridized carbons (Fsp3) is 0.333. The number of sulfonamides is 1. The first kappa shape index (κ1) is 19.8. The monoisotopic (exact) mass is 455 g/mol. The van der Waals surface area contributed by atoms with Crippen LogP contribution in [0.1, 0.15) is 23.8 Å². The highest BCUT2D eigenvalue weighted by atomic mass is 35.5. The van der Waals surface area contributed by atoms with Gasteiger partial charge in [0.1, 0.15) is 15.0 Å². The molecule has 1 fully saturated rings. The first-order valence-corrected chi connectivity index (χ1v) is 12.2. The van der Waals surface area contributed by atoms with E-state index in [0.29, 0.717) is 21.6 Å². The minimum atomic E-state index is -3.48. The minimum Gasteiger partial charge on any atom is -0.496 e. The summed E-state index contributed by atoms with van der Waals surface area (Å²) in [5.74, 6) is 0.972. The van der Waals surface area contributed by atoms with Crippen LogP contribution in [-0.2, 0) is 10.0 Å². The van der Waals surface area contributed by atoms with Gasteiger partial charge in [0.05, 0.1) is 17.0 Å². The topological polar surface area (TPSA) is 72.4 Å². The lowest BCUT2D eigenvalue weighted by molar-refractivity contribution is 0.319. The summed E-state index contributed by atoms with van der Waals surface area (Å²) >= 11 is 8.53. The van der Waals surface area contributed by atoms with Crippen molar-refractivity contribution in [3.63, 3.8) is 0 Å². The molecule has 10 heteroatoms. The van der Waals surface area contributed by atoms with Gasteiger partial charge in [-0.25, -0.2) is 8.42 Å². The lowest BCUT2D eigenvalue weighted by Crippen LogP contribution is -2.37. The van der Waals surface area contributed by atoms with Crippen molar-refractivity contribution in [2.24, 2.45) is 0 Å². The van der Waals surface area contributed by atoms with E-state index < -0.39 is 10.0 Å². The van der Waals surface area contributed by atoms with Gasteiger partial charge in [-0.05, 0) is 37.1 Å². The molecule has 0 N–H and O–H groups in total. The number of hydrogen-bond acceptors (Lipinski definition) is 7. The number of benzene rings is 1. The van der Waals surface area contributed by atoms with E-state index in [1.165, 1.54) is 4.31 Å². The highest BCUT2D eigenvalue weighted by molar-refractivity contribution is 7.91. The number of nitrogens with zero attached hydrogens (tertiary/aromatic N) is 3. The molecule has 1 aromatic carbocycles. The molecular weight excluding hydrogens is 438 g/mol. The zero-order valence-electron chi connectivity index (χ0n) is 15.0. The molecule has 0 bridgehead atoms. The van der Waals surface area contributed by atoms with Gasteiger partial charge in [0.25, 0.3) is 10.0 Å². The Morgan fingerprint density at radius 2 is 1.86 bits per heavy atom. The van der Waals surface area contributed by atoms with Crippen LogP contribution in [0.15, 0.2) is 40.6 Å². The molecule has 4 rings (SSSR count). The van der Waals surface area contributed by atoms with Gasteiger partial charge in [-0.3, -0.25) is 0 Å². The van der Waals surface area contributed by atoms with Crippen molar-refractivity contribution in [2.45, 2.75) is 23.0 Å². The zero-order valence-corrected chi connectivity index (χ0v) is 18.2. The number of thiophene rings is 1. The Kier molecular flexibility index (Phi) is 5.71. The maximum Gasteiger partial charge on any atom is 0.252 e. The van der Waals surface area contributed by atoms with E-state index in [4.69, 9.17) is 16.3 Å². The number of halogens is 1. The van der Waals surface area contributed by atoms with Gasteiger partial charge < -0.3 is 4.74 Å². The van der Waals surface area contributed by atoms with Crippen molar-refractivity contribution in [1.82, 2.24) is 14.5 Å². The molecule has 148 valence electrons. The van der Waals surface area contributed by atoms with E-state index in [-0.39, 0.29) is 5.92 Å². The second kappa shape index (κ2) is 8.08. The fourth-order valence-corrected chi connectivity index (χ4v) is 7.39.